The van der Waals surface area contributed by atoms with Gasteiger partial charge in [0.05, 0.1) is 19.3 Å². The molecule has 1 saturated heterocycles. The molecule has 0 radical (unpaired) electrons. The number of nitrogens with zero attached hydrogens (tertiary/aromatic N) is 2. The standard InChI is InChI=1S/C20H37BN2O2Si/c1-17(2,3)26(10,11)14-18(4,5)16-22-12-15(13-23-16)21-24-19(6,7)20(8,9)25-21/h12-13H,14H2,1-11H3. The molecule has 0 bridgehead atoms. The Morgan fingerprint density at radius 3 is 1.73 bits per heavy atom. The maximum absolute atomic E-state index is 6.11. The molecular formula is C20H37BN2O2Si. The normalized spacial score (nSPS) is 20.5. The minimum atomic E-state index is -1.43. The zero-order chi connectivity index (χ0) is 20.2. The highest BCUT2D eigenvalue weighted by molar-refractivity contribution is 6.80. The molecule has 1 fully saturated rings. The van der Waals surface area contributed by atoms with Crippen LogP contribution >= 0.6 is 0 Å². The fourth-order valence-corrected chi connectivity index (χ4v) is 6.14. The molecule has 0 aromatic carbocycles. The summed E-state index contributed by atoms with van der Waals surface area (Å²) >= 11 is 0. The molecule has 146 valence electrons. The van der Waals surface area contributed by atoms with Crippen molar-refractivity contribution in [3.8, 4) is 0 Å². The van der Waals surface area contributed by atoms with Crippen LogP contribution in [0.2, 0.25) is 24.2 Å². The first kappa shape index (κ1) is 21.6. The van der Waals surface area contributed by atoms with Crippen LogP contribution in [0.3, 0.4) is 0 Å². The minimum absolute atomic E-state index is 0.0442. The van der Waals surface area contributed by atoms with Gasteiger partial charge in [0.25, 0.3) is 0 Å². The fourth-order valence-electron chi connectivity index (χ4n) is 3.24. The molecule has 0 unspecified atom stereocenters. The summed E-state index contributed by atoms with van der Waals surface area (Å²) in [6.07, 6.45) is 3.75. The van der Waals surface area contributed by atoms with Crippen LogP contribution in [0.4, 0.5) is 0 Å². The van der Waals surface area contributed by atoms with Gasteiger partial charge in [-0.2, -0.15) is 0 Å². The number of aromatic nitrogens is 2. The largest absolute Gasteiger partial charge is 0.498 e. The Kier molecular flexibility index (Phi) is 5.33. The van der Waals surface area contributed by atoms with Crippen molar-refractivity contribution in [3.63, 3.8) is 0 Å². The van der Waals surface area contributed by atoms with E-state index in [4.69, 9.17) is 19.3 Å². The van der Waals surface area contributed by atoms with Crippen LogP contribution in [0.1, 0.15) is 68.1 Å². The predicted molar refractivity (Wildman–Crippen MR) is 113 cm³/mol. The van der Waals surface area contributed by atoms with E-state index in [1.54, 1.807) is 0 Å². The van der Waals surface area contributed by atoms with Gasteiger partial charge in [0.1, 0.15) is 5.82 Å². The smallest absolute Gasteiger partial charge is 0.399 e. The highest BCUT2D eigenvalue weighted by Crippen LogP contribution is 2.44. The van der Waals surface area contributed by atoms with E-state index in [1.165, 1.54) is 0 Å². The minimum Gasteiger partial charge on any atom is -0.399 e. The summed E-state index contributed by atoms with van der Waals surface area (Å²) in [5, 5.41) is 0.354. The SMILES string of the molecule is CC(C)(C[Si](C)(C)C(C)(C)C)c1ncc(B2OC(C)(C)C(C)(C)O2)cn1. The lowest BCUT2D eigenvalue weighted by Crippen LogP contribution is -2.43. The van der Waals surface area contributed by atoms with Crippen LogP contribution in [-0.4, -0.2) is 36.4 Å². The molecule has 0 spiro atoms. The zero-order valence-corrected chi connectivity index (χ0v) is 19.7. The molecular weight excluding hydrogens is 339 g/mol. The summed E-state index contributed by atoms with van der Waals surface area (Å²) < 4.78 is 12.2. The molecule has 0 aliphatic carbocycles. The van der Waals surface area contributed by atoms with Gasteiger partial charge in [0.15, 0.2) is 0 Å². The van der Waals surface area contributed by atoms with Crippen molar-refractivity contribution in [1.82, 2.24) is 9.97 Å². The van der Waals surface area contributed by atoms with Crippen molar-refractivity contribution < 1.29 is 9.31 Å². The zero-order valence-electron chi connectivity index (χ0n) is 18.7. The number of rotatable bonds is 4. The van der Waals surface area contributed by atoms with E-state index in [9.17, 15) is 0 Å². The van der Waals surface area contributed by atoms with Gasteiger partial charge in [0.2, 0.25) is 0 Å². The Bertz CT molecular complexity index is 633. The van der Waals surface area contributed by atoms with E-state index in [2.05, 4.69) is 75.4 Å². The molecule has 6 heteroatoms. The summed E-state index contributed by atoms with van der Waals surface area (Å²) in [6, 6.07) is 1.15. The second-order valence-corrected chi connectivity index (χ2v) is 16.7. The lowest BCUT2D eigenvalue weighted by atomic mass is 9.81. The maximum Gasteiger partial charge on any atom is 0.498 e. The van der Waals surface area contributed by atoms with Crippen LogP contribution in [-0.2, 0) is 14.7 Å². The topological polar surface area (TPSA) is 44.2 Å². The fraction of sp³-hybridized carbons (Fsp3) is 0.800. The van der Waals surface area contributed by atoms with E-state index in [0.717, 1.165) is 17.3 Å². The van der Waals surface area contributed by atoms with E-state index in [0.29, 0.717) is 5.04 Å². The van der Waals surface area contributed by atoms with Crippen molar-refractivity contribution >= 4 is 20.7 Å². The summed E-state index contributed by atoms with van der Waals surface area (Å²) in [5.41, 5.74) is 0.142. The van der Waals surface area contributed by atoms with E-state index < -0.39 is 15.2 Å². The first-order valence-corrected chi connectivity index (χ1v) is 12.9. The highest BCUT2D eigenvalue weighted by atomic mass is 28.3. The monoisotopic (exact) mass is 376 g/mol. The second-order valence-electron chi connectivity index (χ2n) is 11.1. The Morgan fingerprint density at radius 2 is 1.35 bits per heavy atom. The summed E-state index contributed by atoms with van der Waals surface area (Å²) in [5.74, 6) is 0.905. The van der Waals surface area contributed by atoms with Crippen molar-refractivity contribution in [2.24, 2.45) is 0 Å². The molecule has 1 aliphatic rings. The molecule has 4 nitrogen and oxygen atoms in total. The van der Waals surface area contributed by atoms with Crippen molar-refractivity contribution in [2.45, 2.75) is 103 Å². The third-order valence-electron chi connectivity index (χ3n) is 6.72. The first-order chi connectivity index (χ1) is 11.5. The molecule has 2 rings (SSSR count). The van der Waals surface area contributed by atoms with Crippen LogP contribution in [0, 0.1) is 0 Å². The van der Waals surface area contributed by atoms with Gasteiger partial charge >= 0.3 is 7.12 Å². The van der Waals surface area contributed by atoms with Gasteiger partial charge in [-0.3, -0.25) is 0 Å². The van der Waals surface area contributed by atoms with Crippen molar-refractivity contribution in [1.29, 1.82) is 0 Å². The Hall–Kier alpha value is -0.718. The summed E-state index contributed by atoms with van der Waals surface area (Å²) in [6.45, 7) is 24.8. The van der Waals surface area contributed by atoms with Gasteiger partial charge in [-0.1, -0.05) is 47.7 Å². The van der Waals surface area contributed by atoms with Crippen LogP contribution in [0.25, 0.3) is 0 Å². The van der Waals surface area contributed by atoms with Crippen molar-refractivity contribution in [2.75, 3.05) is 0 Å². The molecule has 1 aromatic heterocycles. The average Bonchev–Trinajstić information content (AvgIpc) is 2.65. The maximum atomic E-state index is 6.11. The summed E-state index contributed by atoms with van der Waals surface area (Å²) in [4.78, 5) is 9.42. The molecule has 2 heterocycles. The third kappa shape index (κ3) is 4.07. The molecule has 0 amide bonds. The third-order valence-corrected chi connectivity index (χ3v) is 12.5. The Balaban J connectivity index is 2.19. The van der Waals surface area contributed by atoms with Gasteiger partial charge in [-0.05, 0) is 38.8 Å². The molecule has 0 saturated carbocycles. The quantitative estimate of drug-likeness (QED) is 0.723. The highest BCUT2D eigenvalue weighted by Gasteiger charge is 2.52. The van der Waals surface area contributed by atoms with Crippen molar-refractivity contribution in [3.05, 3.63) is 18.2 Å². The van der Waals surface area contributed by atoms with Crippen LogP contribution in [0.5, 0.6) is 0 Å². The number of hydrogen-bond donors (Lipinski definition) is 0. The predicted octanol–water partition coefficient (Wildman–Crippen LogP) is 4.56. The summed E-state index contributed by atoms with van der Waals surface area (Å²) in [7, 11) is -1.83. The van der Waals surface area contributed by atoms with E-state index >= 15 is 0 Å². The second kappa shape index (κ2) is 6.42. The van der Waals surface area contributed by atoms with Gasteiger partial charge < -0.3 is 9.31 Å². The van der Waals surface area contributed by atoms with Gasteiger partial charge in [-0.25, -0.2) is 9.97 Å². The molecule has 1 aromatic rings. The molecule has 0 atom stereocenters. The van der Waals surface area contributed by atoms with Gasteiger partial charge in [-0.15, -0.1) is 0 Å². The van der Waals surface area contributed by atoms with Crippen LogP contribution < -0.4 is 5.46 Å². The Morgan fingerprint density at radius 1 is 0.923 bits per heavy atom. The first-order valence-electron chi connectivity index (χ1n) is 9.67. The van der Waals surface area contributed by atoms with Gasteiger partial charge in [0, 0.05) is 23.3 Å². The van der Waals surface area contributed by atoms with Crippen LogP contribution in [0.15, 0.2) is 12.4 Å². The lowest BCUT2D eigenvalue weighted by molar-refractivity contribution is 0.00578. The number of hydrogen-bond acceptors (Lipinski definition) is 4. The van der Waals surface area contributed by atoms with E-state index in [-0.39, 0.29) is 16.6 Å². The molecule has 26 heavy (non-hydrogen) atoms. The lowest BCUT2D eigenvalue weighted by Gasteiger charge is -2.42. The molecule has 0 N–H and O–H groups in total. The Labute approximate surface area is 161 Å². The average molecular weight is 376 g/mol. The van der Waals surface area contributed by atoms with E-state index in [1.807, 2.05) is 12.4 Å². The molecule has 1 aliphatic heterocycles.